The van der Waals surface area contributed by atoms with Gasteiger partial charge in [0, 0.05) is 26.2 Å². The summed E-state index contributed by atoms with van der Waals surface area (Å²) >= 11 is 0. The van der Waals surface area contributed by atoms with Gasteiger partial charge in [-0.05, 0) is 0 Å². The van der Waals surface area contributed by atoms with E-state index >= 15 is 0 Å². The van der Waals surface area contributed by atoms with Gasteiger partial charge in [0.15, 0.2) is 17.3 Å². The van der Waals surface area contributed by atoms with E-state index in [-0.39, 0.29) is 17.3 Å². The molecule has 6 nitrogen and oxygen atoms in total. The van der Waals surface area contributed by atoms with Crippen molar-refractivity contribution in [1.29, 1.82) is 0 Å². The molecule has 94 valence electrons. The SMILES string of the molecule is COC1=CC(=O)C=C(OC)C1(OC)OC(C)=O. The Hall–Kier alpha value is -1.82. The smallest absolute Gasteiger partial charge is 0.331 e. The summed E-state index contributed by atoms with van der Waals surface area (Å²) in [6, 6.07) is 0. The van der Waals surface area contributed by atoms with Crippen LogP contribution in [0.15, 0.2) is 23.7 Å². The Balaban J connectivity index is 3.28. The van der Waals surface area contributed by atoms with E-state index in [0.717, 1.165) is 0 Å². The third-order valence-electron chi connectivity index (χ3n) is 2.21. The Morgan fingerprint density at radius 3 is 1.88 bits per heavy atom. The molecule has 1 rings (SSSR count). The van der Waals surface area contributed by atoms with E-state index in [9.17, 15) is 9.59 Å². The summed E-state index contributed by atoms with van der Waals surface area (Å²) in [6.07, 6.45) is 2.35. The minimum absolute atomic E-state index is 0.0551. The van der Waals surface area contributed by atoms with Crippen molar-refractivity contribution >= 4 is 11.8 Å². The van der Waals surface area contributed by atoms with Crippen LogP contribution >= 0.6 is 0 Å². The highest BCUT2D eigenvalue weighted by Crippen LogP contribution is 2.35. The highest BCUT2D eigenvalue weighted by atomic mass is 16.7. The number of esters is 1. The molecule has 0 N–H and O–H groups in total. The summed E-state index contributed by atoms with van der Waals surface area (Å²) in [4.78, 5) is 22.5. The quantitative estimate of drug-likeness (QED) is 0.529. The lowest BCUT2D eigenvalue weighted by atomic mass is 10.0. The molecule has 0 fully saturated rings. The maximum Gasteiger partial charge on any atom is 0.331 e. The molecule has 0 aromatic heterocycles. The molecule has 0 saturated heterocycles. The number of rotatable bonds is 4. The molecule has 0 aromatic rings. The average Bonchev–Trinajstić information content (AvgIpc) is 2.29. The number of hydrogen-bond acceptors (Lipinski definition) is 6. The van der Waals surface area contributed by atoms with E-state index in [1.807, 2.05) is 0 Å². The zero-order valence-electron chi connectivity index (χ0n) is 10.1. The molecule has 6 heteroatoms. The van der Waals surface area contributed by atoms with Crippen LogP contribution < -0.4 is 0 Å². The second-order valence-corrected chi connectivity index (χ2v) is 3.24. The third kappa shape index (κ3) is 2.31. The fourth-order valence-corrected chi connectivity index (χ4v) is 1.54. The summed E-state index contributed by atoms with van der Waals surface area (Å²) < 4.78 is 20.3. The number of ether oxygens (including phenoxy) is 4. The van der Waals surface area contributed by atoms with Crippen molar-refractivity contribution in [1.82, 2.24) is 0 Å². The molecule has 1 aliphatic rings. The summed E-state index contributed by atoms with van der Waals surface area (Å²) in [5.41, 5.74) is 0. The maximum atomic E-state index is 11.4. The van der Waals surface area contributed by atoms with Crippen LogP contribution in [0, 0.1) is 0 Å². The minimum atomic E-state index is -1.64. The number of ketones is 1. The largest absolute Gasteiger partial charge is 0.494 e. The Morgan fingerprint density at radius 1 is 1.12 bits per heavy atom. The number of methoxy groups -OCH3 is 3. The summed E-state index contributed by atoms with van der Waals surface area (Å²) in [7, 11) is 4.00. The standard InChI is InChI=1S/C11H14O6/c1-7(12)17-11(16-4)9(14-2)5-8(13)6-10(11)15-3/h5-6H,1-4H3. The van der Waals surface area contributed by atoms with Crippen LogP contribution in [0.4, 0.5) is 0 Å². The Bertz CT molecular complexity index is 369. The predicted octanol–water partition coefficient (Wildman–Crippen LogP) is 0.535. The van der Waals surface area contributed by atoms with Crippen molar-refractivity contribution in [2.45, 2.75) is 12.7 Å². The first-order valence-electron chi connectivity index (χ1n) is 4.81. The number of carbonyl (C=O) groups excluding carboxylic acids is 2. The predicted molar refractivity (Wildman–Crippen MR) is 56.7 cm³/mol. The van der Waals surface area contributed by atoms with Gasteiger partial charge >= 0.3 is 11.8 Å². The van der Waals surface area contributed by atoms with Crippen LogP contribution in [0.2, 0.25) is 0 Å². The minimum Gasteiger partial charge on any atom is -0.494 e. The molecule has 0 atom stereocenters. The lowest BCUT2D eigenvalue weighted by Crippen LogP contribution is -2.44. The first-order valence-corrected chi connectivity index (χ1v) is 4.81. The molecule has 0 unspecified atom stereocenters. The van der Waals surface area contributed by atoms with Gasteiger partial charge in [-0.2, -0.15) is 0 Å². The first-order chi connectivity index (χ1) is 8.00. The zero-order chi connectivity index (χ0) is 13.1. The van der Waals surface area contributed by atoms with E-state index in [1.54, 1.807) is 0 Å². The molecular formula is C11H14O6. The second kappa shape index (κ2) is 5.01. The van der Waals surface area contributed by atoms with Gasteiger partial charge in [0.2, 0.25) is 0 Å². The van der Waals surface area contributed by atoms with Gasteiger partial charge in [-0.1, -0.05) is 0 Å². The van der Waals surface area contributed by atoms with Crippen molar-refractivity contribution in [3.8, 4) is 0 Å². The van der Waals surface area contributed by atoms with Crippen LogP contribution in [-0.4, -0.2) is 38.9 Å². The first kappa shape index (κ1) is 13.2. The summed E-state index contributed by atoms with van der Waals surface area (Å²) in [6.45, 7) is 1.22. The normalized spacial score (nSPS) is 18.0. The lowest BCUT2D eigenvalue weighted by molar-refractivity contribution is -0.212. The van der Waals surface area contributed by atoms with Crippen LogP contribution in [-0.2, 0) is 28.5 Å². The molecule has 0 aliphatic heterocycles. The number of hydrogen-bond donors (Lipinski definition) is 0. The number of carbonyl (C=O) groups is 2. The van der Waals surface area contributed by atoms with Crippen molar-refractivity contribution in [2.75, 3.05) is 21.3 Å². The molecule has 17 heavy (non-hydrogen) atoms. The van der Waals surface area contributed by atoms with Crippen LogP contribution in [0.5, 0.6) is 0 Å². The molecule has 0 spiro atoms. The van der Waals surface area contributed by atoms with E-state index in [0.29, 0.717) is 0 Å². The fourth-order valence-electron chi connectivity index (χ4n) is 1.54. The van der Waals surface area contributed by atoms with Gasteiger partial charge in [0.25, 0.3) is 0 Å². The molecule has 0 amide bonds. The van der Waals surface area contributed by atoms with Gasteiger partial charge in [0.05, 0.1) is 14.2 Å². The van der Waals surface area contributed by atoms with Gasteiger partial charge in [-0.25, -0.2) is 0 Å². The Labute approximate surface area is 98.8 Å². The maximum absolute atomic E-state index is 11.4. The fraction of sp³-hybridized carbons (Fsp3) is 0.455. The Morgan fingerprint density at radius 2 is 1.59 bits per heavy atom. The van der Waals surface area contributed by atoms with Gasteiger partial charge in [-0.3, -0.25) is 9.59 Å². The molecule has 0 radical (unpaired) electrons. The monoisotopic (exact) mass is 242 g/mol. The van der Waals surface area contributed by atoms with E-state index in [1.165, 1.54) is 40.4 Å². The van der Waals surface area contributed by atoms with Crippen molar-refractivity contribution in [3.05, 3.63) is 23.7 Å². The van der Waals surface area contributed by atoms with Gasteiger partial charge < -0.3 is 18.9 Å². The third-order valence-corrected chi connectivity index (χ3v) is 2.21. The second-order valence-electron chi connectivity index (χ2n) is 3.24. The molecule has 1 aliphatic carbocycles. The molecule has 0 saturated carbocycles. The summed E-state index contributed by atoms with van der Waals surface area (Å²) in [5, 5.41) is 0. The van der Waals surface area contributed by atoms with E-state index in [4.69, 9.17) is 18.9 Å². The molecule has 0 bridgehead atoms. The van der Waals surface area contributed by atoms with Crippen LogP contribution in [0.1, 0.15) is 6.92 Å². The Kier molecular flexibility index (Phi) is 3.90. The van der Waals surface area contributed by atoms with Crippen molar-refractivity contribution in [3.63, 3.8) is 0 Å². The highest BCUT2D eigenvalue weighted by Gasteiger charge is 2.48. The average molecular weight is 242 g/mol. The number of allylic oxidation sites excluding steroid dienone is 2. The highest BCUT2D eigenvalue weighted by molar-refractivity contribution is 6.01. The van der Waals surface area contributed by atoms with Crippen molar-refractivity contribution < 1.29 is 28.5 Å². The molecule has 0 aromatic carbocycles. The van der Waals surface area contributed by atoms with Gasteiger partial charge in [-0.15, -0.1) is 0 Å². The van der Waals surface area contributed by atoms with Crippen molar-refractivity contribution in [2.24, 2.45) is 0 Å². The zero-order valence-corrected chi connectivity index (χ0v) is 10.1. The molecule has 0 heterocycles. The van der Waals surface area contributed by atoms with E-state index in [2.05, 4.69) is 0 Å². The van der Waals surface area contributed by atoms with Gasteiger partial charge in [0.1, 0.15) is 0 Å². The van der Waals surface area contributed by atoms with E-state index < -0.39 is 11.8 Å². The summed E-state index contributed by atoms with van der Waals surface area (Å²) in [5.74, 6) is -2.45. The molecular weight excluding hydrogens is 228 g/mol. The van der Waals surface area contributed by atoms with Crippen LogP contribution in [0.25, 0.3) is 0 Å². The van der Waals surface area contributed by atoms with Crippen LogP contribution in [0.3, 0.4) is 0 Å². The lowest BCUT2D eigenvalue weighted by Gasteiger charge is -2.34. The topological polar surface area (TPSA) is 71.1 Å².